The summed E-state index contributed by atoms with van der Waals surface area (Å²) in [5.74, 6) is -3.88. The maximum Gasteiger partial charge on any atom is 0.374 e. The van der Waals surface area contributed by atoms with Gasteiger partial charge in [-0.2, -0.15) is 4.98 Å². The lowest BCUT2D eigenvalue weighted by atomic mass is 10.3. The third-order valence-corrected chi connectivity index (χ3v) is 1.96. The highest BCUT2D eigenvalue weighted by atomic mass is 16.4. The molecular formula is C9H6N2O6. The van der Waals surface area contributed by atoms with Crippen LogP contribution in [0.15, 0.2) is 15.2 Å². The molecule has 2 aromatic rings. The first-order valence-electron chi connectivity index (χ1n) is 4.38. The van der Waals surface area contributed by atoms with Crippen LogP contribution in [0.4, 0.5) is 0 Å². The number of oxazole rings is 2. The van der Waals surface area contributed by atoms with E-state index in [-0.39, 0.29) is 11.7 Å². The van der Waals surface area contributed by atoms with Crippen molar-refractivity contribution < 1.29 is 28.6 Å². The lowest BCUT2D eigenvalue weighted by Crippen LogP contribution is -2.05. The number of hydrogen-bond acceptors (Lipinski definition) is 6. The van der Waals surface area contributed by atoms with Gasteiger partial charge < -0.3 is 19.0 Å². The van der Waals surface area contributed by atoms with E-state index in [2.05, 4.69) is 9.97 Å². The second-order valence-electron chi connectivity index (χ2n) is 3.07. The van der Waals surface area contributed by atoms with Crippen molar-refractivity contribution in [2.75, 3.05) is 0 Å². The highest BCUT2D eigenvalue weighted by Gasteiger charge is 2.27. The normalized spacial score (nSPS) is 10.4. The molecule has 2 N–H and O–H groups in total. The number of hydrogen-bond donors (Lipinski definition) is 2. The number of rotatable bonds is 3. The monoisotopic (exact) mass is 238 g/mol. The van der Waals surface area contributed by atoms with E-state index in [1.807, 2.05) is 0 Å². The summed E-state index contributed by atoms with van der Waals surface area (Å²) in [5, 5.41) is 17.5. The molecule has 0 bridgehead atoms. The van der Waals surface area contributed by atoms with Gasteiger partial charge in [0.1, 0.15) is 0 Å². The van der Waals surface area contributed by atoms with Crippen molar-refractivity contribution in [3.8, 4) is 11.7 Å². The molecule has 88 valence electrons. The van der Waals surface area contributed by atoms with Crippen LogP contribution in [0.1, 0.15) is 26.7 Å². The molecule has 0 fully saturated rings. The quantitative estimate of drug-likeness (QED) is 0.811. The third-order valence-electron chi connectivity index (χ3n) is 1.96. The number of aromatic nitrogens is 2. The molecule has 0 amide bonds. The van der Waals surface area contributed by atoms with Gasteiger partial charge in [-0.05, 0) is 6.92 Å². The second-order valence-corrected chi connectivity index (χ2v) is 3.07. The summed E-state index contributed by atoms with van der Waals surface area (Å²) in [5.41, 5.74) is -0.261. The second kappa shape index (κ2) is 3.74. The van der Waals surface area contributed by atoms with E-state index in [4.69, 9.17) is 19.0 Å². The van der Waals surface area contributed by atoms with Crippen LogP contribution in [0.3, 0.4) is 0 Å². The SMILES string of the molecule is Cc1ncoc1-c1nc(C(=O)O)c(C(=O)O)o1. The minimum absolute atomic E-state index is 0.0972. The van der Waals surface area contributed by atoms with Crippen LogP contribution in [-0.4, -0.2) is 32.1 Å². The van der Waals surface area contributed by atoms with E-state index in [0.29, 0.717) is 5.69 Å². The number of nitrogens with zero attached hydrogens (tertiary/aromatic N) is 2. The van der Waals surface area contributed by atoms with Crippen LogP contribution in [0.2, 0.25) is 0 Å². The molecule has 0 unspecified atom stereocenters. The van der Waals surface area contributed by atoms with Gasteiger partial charge in [0, 0.05) is 0 Å². The van der Waals surface area contributed by atoms with E-state index in [0.717, 1.165) is 6.39 Å². The molecule has 17 heavy (non-hydrogen) atoms. The molecule has 2 aromatic heterocycles. The van der Waals surface area contributed by atoms with E-state index in [1.165, 1.54) is 0 Å². The number of carboxylic acids is 2. The molecule has 0 atom stereocenters. The van der Waals surface area contributed by atoms with Crippen molar-refractivity contribution in [3.63, 3.8) is 0 Å². The number of carboxylic acid groups (broad SMARTS) is 2. The van der Waals surface area contributed by atoms with Crippen LogP contribution in [-0.2, 0) is 0 Å². The van der Waals surface area contributed by atoms with Gasteiger partial charge in [-0.25, -0.2) is 14.6 Å². The van der Waals surface area contributed by atoms with Gasteiger partial charge in [-0.1, -0.05) is 0 Å². The van der Waals surface area contributed by atoms with Crippen molar-refractivity contribution >= 4 is 11.9 Å². The average Bonchev–Trinajstić information content (AvgIpc) is 2.82. The van der Waals surface area contributed by atoms with Crippen LogP contribution in [0.25, 0.3) is 11.7 Å². The van der Waals surface area contributed by atoms with Crippen LogP contribution in [0, 0.1) is 6.92 Å². The van der Waals surface area contributed by atoms with Crippen molar-refractivity contribution in [2.24, 2.45) is 0 Å². The number of aromatic carboxylic acids is 2. The van der Waals surface area contributed by atoms with Gasteiger partial charge in [0.2, 0.25) is 17.2 Å². The van der Waals surface area contributed by atoms with E-state index < -0.39 is 23.4 Å². The van der Waals surface area contributed by atoms with E-state index >= 15 is 0 Å². The number of carbonyl (C=O) groups is 2. The molecule has 0 saturated heterocycles. The predicted octanol–water partition coefficient (Wildman–Crippen LogP) is 1.03. The topological polar surface area (TPSA) is 127 Å². The summed E-state index contributed by atoms with van der Waals surface area (Å²) in [7, 11) is 0. The summed E-state index contributed by atoms with van der Waals surface area (Å²) in [6, 6.07) is 0. The molecule has 8 nitrogen and oxygen atoms in total. The summed E-state index contributed by atoms with van der Waals surface area (Å²) in [4.78, 5) is 28.8. The highest BCUT2D eigenvalue weighted by molar-refractivity contribution is 5.98. The molecule has 0 aromatic carbocycles. The Labute approximate surface area is 93.5 Å². The van der Waals surface area contributed by atoms with Gasteiger partial charge in [0.25, 0.3) is 5.89 Å². The lowest BCUT2D eigenvalue weighted by Gasteiger charge is -1.88. The molecule has 0 aliphatic rings. The first kappa shape index (κ1) is 10.9. The molecule has 0 saturated carbocycles. The Morgan fingerprint density at radius 3 is 2.41 bits per heavy atom. The summed E-state index contributed by atoms with van der Waals surface area (Å²) >= 11 is 0. The van der Waals surface area contributed by atoms with E-state index in [1.54, 1.807) is 6.92 Å². The van der Waals surface area contributed by atoms with Crippen molar-refractivity contribution in [1.29, 1.82) is 0 Å². The fourth-order valence-electron chi connectivity index (χ4n) is 1.21. The maximum absolute atomic E-state index is 10.8. The minimum atomic E-state index is -1.52. The molecule has 0 aliphatic heterocycles. The third kappa shape index (κ3) is 1.75. The van der Waals surface area contributed by atoms with Gasteiger partial charge in [0.05, 0.1) is 5.69 Å². The lowest BCUT2D eigenvalue weighted by molar-refractivity contribution is 0.0624. The Morgan fingerprint density at radius 1 is 1.29 bits per heavy atom. The van der Waals surface area contributed by atoms with Gasteiger partial charge in [-0.15, -0.1) is 0 Å². The summed E-state index contributed by atoms with van der Waals surface area (Å²) in [6.45, 7) is 1.59. The van der Waals surface area contributed by atoms with Crippen LogP contribution < -0.4 is 0 Å². The smallest absolute Gasteiger partial charge is 0.374 e. The molecule has 2 heterocycles. The molecule has 8 heteroatoms. The average molecular weight is 238 g/mol. The Balaban J connectivity index is 2.59. The first-order chi connectivity index (χ1) is 8.00. The summed E-state index contributed by atoms with van der Waals surface area (Å²) in [6.07, 6.45) is 1.12. The zero-order chi connectivity index (χ0) is 12.6. The molecular weight excluding hydrogens is 232 g/mol. The van der Waals surface area contributed by atoms with Crippen molar-refractivity contribution in [1.82, 2.24) is 9.97 Å². The predicted molar refractivity (Wildman–Crippen MR) is 50.7 cm³/mol. The summed E-state index contributed by atoms with van der Waals surface area (Å²) < 4.78 is 9.76. The van der Waals surface area contributed by atoms with Crippen molar-refractivity contribution in [3.05, 3.63) is 23.5 Å². The largest absolute Gasteiger partial charge is 0.476 e. The number of aryl methyl sites for hydroxylation is 1. The van der Waals surface area contributed by atoms with E-state index in [9.17, 15) is 9.59 Å². The zero-order valence-corrected chi connectivity index (χ0v) is 8.50. The van der Waals surface area contributed by atoms with Gasteiger partial charge in [0.15, 0.2) is 6.39 Å². The Hall–Kier alpha value is -2.64. The molecule has 0 spiro atoms. The van der Waals surface area contributed by atoms with Crippen LogP contribution >= 0.6 is 0 Å². The molecule has 2 rings (SSSR count). The van der Waals surface area contributed by atoms with Gasteiger partial charge >= 0.3 is 11.9 Å². The zero-order valence-electron chi connectivity index (χ0n) is 8.50. The van der Waals surface area contributed by atoms with Crippen molar-refractivity contribution in [2.45, 2.75) is 6.92 Å². The molecule has 0 aliphatic carbocycles. The Kier molecular flexibility index (Phi) is 2.39. The fourth-order valence-corrected chi connectivity index (χ4v) is 1.21. The minimum Gasteiger partial charge on any atom is -0.476 e. The maximum atomic E-state index is 10.8. The standard InChI is InChI=1S/C9H6N2O6/c1-3-5(16-2-10-3)7-11-4(8(12)13)6(17-7)9(14)15/h2H,1H3,(H,12,13)(H,14,15). The first-order valence-corrected chi connectivity index (χ1v) is 4.38. The Bertz CT molecular complexity index is 565. The van der Waals surface area contributed by atoms with Gasteiger partial charge in [-0.3, -0.25) is 0 Å². The molecule has 0 radical (unpaired) electrons. The van der Waals surface area contributed by atoms with Crippen LogP contribution in [0.5, 0.6) is 0 Å². The Morgan fingerprint density at radius 2 is 2.00 bits per heavy atom. The fraction of sp³-hybridized carbons (Fsp3) is 0.111. The highest BCUT2D eigenvalue weighted by Crippen LogP contribution is 2.24.